The Morgan fingerprint density at radius 1 is 1.11 bits per heavy atom. The second kappa shape index (κ2) is 10.6. The van der Waals surface area contributed by atoms with Crippen LogP contribution in [-0.2, 0) is 11.2 Å². The first-order chi connectivity index (χ1) is 17.9. The van der Waals surface area contributed by atoms with E-state index in [9.17, 15) is 9.59 Å². The number of nitrogens with one attached hydrogen (secondary N) is 1. The van der Waals surface area contributed by atoms with Crippen LogP contribution in [0.1, 0.15) is 40.3 Å². The van der Waals surface area contributed by atoms with Crippen molar-refractivity contribution in [3.63, 3.8) is 0 Å². The van der Waals surface area contributed by atoms with Crippen molar-refractivity contribution in [1.29, 1.82) is 0 Å². The molecule has 0 atom stereocenters. The van der Waals surface area contributed by atoms with Gasteiger partial charge in [0.05, 0.1) is 10.7 Å². The van der Waals surface area contributed by atoms with E-state index in [1.807, 2.05) is 18.2 Å². The predicted molar refractivity (Wildman–Crippen MR) is 140 cm³/mol. The lowest BCUT2D eigenvalue weighted by Gasteiger charge is -2.13. The van der Waals surface area contributed by atoms with Gasteiger partial charge < -0.3 is 13.9 Å². The zero-order valence-corrected chi connectivity index (χ0v) is 21.2. The minimum Gasteiger partial charge on any atom is -0.482 e. The third-order valence-electron chi connectivity index (χ3n) is 5.88. The van der Waals surface area contributed by atoms with E-state index < -0.39 is 11.9 Å². The number of esters is 1. The number of halogens is 2. The summed E-state index contributed by atoms with van der Waals surface area (Å²) in [5.41, 5.74) is 5.02. The Morgan fingerprint density at radius 2 is 1.95 bits per heavy atom. The molecule has 1 amide bonds. The van der Waals surface area contributed by atoms with E-state index in [0.717, 1.165) is 11.8 Å². The molecule has 2 heterocycles. The SMILES string of the molecule is Cc1c(C(=O)Oc2cccc3cccnc23)oc2c1/C(=N/NC(=O)COc1ccc(Cl)cc1Cl)CCC2. The highest BCUT2D eigenvalue weighted by Crippen LogP contribution is 2.32. The van der Waals surface area contributed by atoms with Crippen LogP contribution in [0.4, 0.5) is 0 Å². The quantitative estimate of drug-likeness (QED) is 0.186. The number of nitrogens with zero attached hydrogens (tertiary/aromatic N) is 2. The average Bonchev–Trinajstić information content (AvgIpc) is 3.24. The molecule has 8 nitrogen and oxygen atoms in total. The van der Waals surface area contributed by atoms with Crippen LogP contribution in [0.5, 0.6) is 11.5 Å². The van der Waals surface area contributed by atoms with Crippen LogP contribution in [0.3, 0.4) is 0 Å². The van der Waals surface area contributed by atoms with Gasteiger partial charge in [-0.05, 0) is 50.1 Å². The molecule has 1 N–H and O–H groups in total. The summed E-state index contributed by atoms with van der Waals surface area (Å²) in [7, 11) is 0. The third kappa shape index (κ3) is 5.30. The summed E-state index contributed by atoms with van der Waals surface area (Å²) in [6.07, 6.45) is 3.65. The average molecular weight is 538 g/mol. The molecule has 0 radical (unpaired) electrons. The number of aromatic nitrogens is 1. The molecule has 0 spiro atoms. The van der Waals surface area contributed by atoms with Gasteiger partial charge in [-0.2, -0.15) is 5.10 Å². The normalized spacial score (nSPS) is 13.9. The second-order valence-electron chi connectivity index (χ2n) is 8.39. The Hall–Kier alpha value is -3.88. The number of furan rings is 1. The van der Waals surface area contributed by atoms with Crippen molar-refractivity contribution in [2.45, 2.75) is 26.2 Å². The molecule has 4 aromatic rings. The predicted octanol–water partition coefficient (Wildman–Crippen LogP) is 5.90. The maximum Gasteiger partial charge on any atom is 0.380 e. The summed E-state index contributed by atoms with van der Waals surface area (Å²) in [6.45, 7) is 1.49. The zero-order chi connectivity index (χ0) is 25.9. The van der Waals surface area contributed by atoms with Crippen molar-refractivity contribution < 1.29 is 23.5 Å². The molecule has 0 unspecified atom stereocenters. The zero-order valence-electron chi connectivity index (χ0n) is 19.7. The minimum absolute atomic E-state index is 0.0968. The van der Waals surface area contributed by atoms with Gasteiger partial charge in [-0.15, -0.1) is 0 Å². The fourth-order valence-corrected chi connectivity index (χ4v) is 4.64. The number of ether oxygens (including phenoxy) is 2. The minimum atomic E-state index is -0.623. The van der Waals surface area contributed by atoms with Gasteiger partial charge in [0.2, 0.25) is 5.76 Å². The van der Waals surface area contributed by atoms with Gasteiger partial charge in [0.15, 0.2) is 12.4 Å². The monoisotopic (exact) mass is 537 g/mol. The molecule has 0 saturated heterocycles. The van der Waals surface area contributed by atoms with E-state index in [1.165, 1.54) is 6.07 Å². The van der Waals surface area contributed by atoms with Gasteiger partial charge in [-0.1, -0.05) is 41.4 Å². The Labute approximate surface area is 222 Å². The number of hydrogen-bond donors (Lipinski definition) is 1. The van der Waals surface area contributed by atoms with Gasteiger partial charge in [-0.25, -0.2) is 10.2 Å². The number of carbonyl (C=O) groups is 2. The number of rotatable bonds is 6. The summed E-state index contributed by atoms with van der Waals surface area (Å²) in [6, 6.07) is 13.8. The molecule has 0 aliphatic heterocycles. The van der Waals surface area contributed by atoms with Crippen molar-refractivity contribution in [3.05, 3.63) is 87.4 Å². The Bertz CT molecular complexity index is 1540. The molecule has 0 fully saturated rings. The van der Waals surface area contributed by atoms with Gasteiger partial charge in [0, 0.05) is 34.2 Å². The highest BCUT2D eigenvalue weighted by Gasteiger charge is 2.29. The Morgan fingerprint density at radius 3 is 2.78 bits per heavy atom. The number of hydrogen-bond acceptors (Lipinski definition) is 7. The fraction of sp³-hybridized carbons (Fsp3) is 0.185. The van der Waals surface area contributed by atoms with E-state index in [2.05, 4.69) is 15.5 Å². The van der Waals surface area contributed by atoms with Crippen LogP contribution in [0.15, 0.2) is 64.2 Å². The number of amides is 1. The van der Waals surface area contributed by atoms with Gasteiger partial charge >= 0.3 is 5.97 Å². The number of hydrazone groups is 1. The molecule has 10 heteroatoms. The molecule has 1 aliphatic rings. The van der Waals surface area contributed by atoms with Gasteiger partial charge in [0.25, 0.3) is 5.91 Å². The lowest BCUT2D eigenvalue weighted by atomic mass is 9.93. The first kappa shape index (κ1) is 24.8. The highest BCUT2D eigenvalue weighted by molar-refractivity contribution is 6.35. The van der Waals surface area contributed by atoms with Crippen molar-refractivity contribution in [2.75, 3.05) is 6.61 Å². The van der Waals surface area contributed by atoms with Crippen LogP contribution < -0.4 is 14.9 Å². The molecule has 37 heavy (non-hydrogen) atoms. The molecule has 2 aromatic carbocycles. The van der Waals surface area contributed by atoms with Crippen molar-refractivity contribution in [1.82, 2.24) is 10.4 Å². The van der Waals surface area contributed by atoms with Crippen molar-refractivity contribution in [2.24, 2.45) is 5.10 Å². The van der Waals surface area contributed by atoms with Crippen molar-refractivity contribution in [3.8, 4) is 11.5 Å². The summed E-state index contributed by atoms with van der Waals surface area (Å²) in [4.78, 5) is 29.7. The number of carbonyl (C=O) groups excluding carboxylic acids is 2. The van der Waals surface area contributed by atoms with Crippen LogP contribution >= 0.6 is 23.2 Å². The maximum atomic E-state index is 13.0. The van der Waals surface area contributed by atoms with E-state index in [0.29, 0.717) is 62.5 Å². The van der Waals surface area contributed by atoms with E-state index in [-0.39, 0.29) is 12.4 Å². The highest BCUT2D eigenvalue weighted by atomic mass is 35.5. The van der Waals surface area contributed by atoms with E-state index >= 15 is 0 Å². The maximum absolute atomic E-state index is 13.0. The number of pyridine rings is 1. The first-order valence-electron chi connectivity index (χ1n) is 11.5. The fourth-order valence-electron chi connectivity index (χ4n) is 4.18. The number of fused-ring (bicyclic) bond motifs is 2. The molecule has 0 saturated carbocycles. The topological polar surface area (TPSA) is 103 Å². The molecule has 0 bridgehead atoms. The molecule has 188 valence electrons. The second-order valence-corrected chi connectivity index (χ2v) is 9.23. The first-order valence-corrected chi connectivity index (χ1v) is 12.3. The molecule has 2 aromatic heterocycles. The summed E-state index contributed by atoms with van der Waals surface area (Å²) < 4.78 is 17.0. The number of aryl methyl sites for hydroxylation is 1. The lowest BCUT2D eigenvalue weighted by Crippen LogP contribution is -2.27. The van der Waals surface area contributed by atoms with Crippen LogP contribution in [0.2, 0.25) is 10.0 Å². The van der Waals surface area contributed by atoms with Gasteiger partial charge in [0.1, 0.15) is 17.0 Å². The van der Waals surface area contributed by atoms with E-state index in [4.69, 9.17) is 37.1 Å². The van der Waals surface area contributed by atoms with Crippen LogP contribution in [0, 0.1) is 6.92 Å². The Balaban J connectivity index is 1.31. The van der Waals surface area contributed by atoms with E-state index in [1.54, 1.807) is 37.4 Å². The van der Waals surface area contributed by atoms with Crippen LogP contribution in [-0.4, -0.2) is 29.2 Å². The summed E-state index contributed by atoms with van der Waals surface area (Å²) in [5, 5.41) is 5.92. The number of benzene rings is 2. The number of para-hydroxylation sites is 1. The third-order valence-corrected chi connectivity index (χ3v) is 6.41. The smallest absolute Gasteiger partial charge is 0.380 e. The molecule has 1 aliphatic carbocycles. The standard InChI is InChI=1S/C27H21Cl2N3O5/c1-15-24-19(31-32-23(33)14-35-20-11-10-17(28)13-18(20)29)7-3-8-21(24)36-26(15)27(34)37-22-9-2-5-16-6-4-12-30-25(16)22/h2,4-6,9-13H,3,7-8,14H2,1H3,(H,32,33)/b31-19+. The van der Waals surface area contributed by atoms with Crippen molar-refractivity contribution >= 4 is 51.7 Å². The summed E-state index contributed by atoms with van der Waals surface area (Å²) >= 11 is 12.0. The van der Waals surface area contributed by atoms with Crippen LogP contribution in [0.25, 0.3) is 10.9 Å². The summed E-state index contributed by atoms with van der Waals surface area (Å²) in [5.74, 6) is 0.322. The largest absolute Gasteiger partial charge is 0.482 e. The molecular formula is C27H21Cl2N3O5. The lowest BCUT2D eigenvalue weighted by molar-refractivity contribution is -0.123. The molecule has 5 rings (SSSR count). The Kier molecular flexibility index (Phi) is 7.12. The molecular weight excluding hydrogens is 517 g/mol. The van der Waals surface area contributed by atoms with Gasteiger partial charge in [-0.3, -0.25) is 9.78 Å².